The molecule has 0 saturated carbocycles. The van der Waals surface area contributed by atoms with Crippen LogP contribution in [0, 0.1) is 0 Å². The zero-order valence-electron chi connectivity index (χ0n) is 15.8. The van der Waals surface area contributed by atoms with Crippen molar-refractivity contribution in [2.75, 3.05) is 0 Å². The number of rotatable bonds is 6. The van der Waals surface area contributed by atoms with Gasteiger partial charge in [-0.05, 0) is 66.7 Å². The molecule has 0 fully saturated rings. The van der Waals surface area contributed by atoms with Gasteiger partial charge in [-0.25, -0.2) is 4.79 Å². The van der Waals surface area contributed by atoms with Crippen LogP contribution in [-0.4, -0.2) is 16.9 Å². The smallest absolute Gasteiger partial charge is 0.335 e. The highest BCUT2D eigenvalue weighted by Crippen LogP contribution is 2.32. The summed E-state index contributed by atoms with van der Waals surface area (Å²) in [5.74, 6) is 0.280. The Morgan fingerprint density at radius 1 is 0.839 bits per heavy atom. The normalized spacial score (nSPS) is 11.2. The van der Waals surface area contributed by atoms with Crippen molar-refractivity contribution in [3.8, 4) is 22.6 Å². The summed E-state index contributed by atoms with van der Waals surface area (Å²) in [6, 6.07) is 18.0. The first-order valence-electron chi connectivity index (χ1n) is 9.12. The van der Waals surface area contributed by atoms with E-state index >= 15 is 0 Å². The van der Waals surface area contributed by atoms with Crippen LogP contribution in [0.4, 0.5) is 0 Å². The molecular weight excluding hydrogens is 439 g/mol. The average Bonchev–Trinajstić information content (AvgIpc) is 3.44. The topological polar surface area (TPSA) is 80.6 Å². The molecule has 31 heavy (non-hydrogen) atoms. The molecule has 1 N–H and O–H groups in total. The maximum atomic E-state index is 12.5. The highest BCUT2D eigenvalue weighted by atomic mass is 35.5. The van der Waals surface area contributed by atoms with Gasteiger partial charge >= 0.3 is 5.97 Å². The largest absolute Gasteiger partial charge is 0.478 e. The molecule has 7 heteroatoms. The van der Waals surface area contributed by atoms with E-state index in [1.54, 1.807) is 54.6 Å². The number of carboxylic acids is 1. The fourth-order valence-electron chi connectivity index (χ4n) is 2.92. The zero-order chi connectivity index (χ0) is 22.0. The number of hydrogen-bond donors (Lipinski definition) is 1. The third-order valence-corrected chi connectivity index (χ3v) is 5.05. The summed E-state index contributed by atoms with van der Waals surface area (Å²) >= 11 is 12.2. The van der Waals surface area contributed by atoms with E-state index in [0.717, 1.165) is 5.56 Å². The number of ketones is 1. The highest BCUT2D eigenvalue weighted by molar-refractivity contribution is 6.35. The predicted molar refractivity (Wildman–Crippen MR) is 119 cm³/mol. The molecule has 0 unspecified atom stereocenters. The monoisotopic (exact) mass is 452 g/mol. The summed E-state index contributed by atoms with van der Waals surface area (Å²) in [5.41, 5.74) is 1.52. The first-order chi connectivity index (χ1) is 14.9. The van der Waals surface area contributed by atoms with E-state index in [1.165, 1.54) is 24.3 Å². The van der Waals surface area contributed by atoms with Crippen LogP contribution in [0.25, 0.3) is 28.7 Å². The van der Waals surface area contributed by atoms with Crippen molar-refractivity contribution in [2.24, 2.45) is 0 Å². The third kappa shape index (κ3) is 4.63. The van der Waals surface area contributed by atoms with Crippen molar-refractivity contribution in [3.63, 3.8) is 0 Å². The van der Waals surface area contributed by atoms with Gasteiger partial charge in [0.2, 0.25) is 5.78 Å². The number of carbonyl (C=O) groups excluding carboxylic acids is 1. The van der Waals surface area contributed by atoms with Crippen LogP contribution < -0.4 is 0 Å². The van der Waals surface area contributed by atoms with Crippen molar-refractivity contribution in [2.45, 2.75) is 0 Å². The molecule has 2 aromatic heterocycles. The van der Waals surface area contributed by atoms with Gasteiger partial charge in [-0.2, -0.15) is 0 Å². The van der Waals surface area contributed by atoms with E-state index in [1.807, 2.05) is 0 Å². The van der Waals surface area contributed by atoms with Gasteiger partial charge in [0.15, 0.2) is 5.76 Å². The van der Waals surface area contributed by atoms with Crippen molar-refractivity contribution in [1.29, 1.82) is 0 Å². The predicted octanol–water partition coefficient (Wildman–Crippen LogP) is 7.11. The molecule has 0 amide bonds. The van der Waals surface area contributed by atoms with Gasteiger partial charge in [-0.3, -0.25) is 4.79 Å². The zero-order valence-corrected chi connectivity index (χ0v) is 17.4. The molecule has 2 heterocycles. The quantitative estimate of drug-likeness (QED) is 0.249. The lowest BCUT2D eigenvalue weighted by Crippen LogP contribution is -1.94. The summed E-state index contributed by atoms with van der Waals surface area (Å²) in [7, 11) is 0. The van der Waals surface area contributed by atoms with Crippen molar-refractivity contribution in [1.82, 2.24) is 0 Å². The highest BCUT2D eigenvalue weighted by Gasteiger charge is 2.13. The van der Waals surface area contributed by atoms with Gasteiger partial charge < -0.3 is 13.9 Å². The Labute approximate surface area is 187 Å². The summed E-state index contributed by atoms with van der Waals surface area (Å²) in [5, 5.41) is 9.95. The Hall–Kier alpha value is -3.54. The maximum absolute atomic E-state index is 12.5. The minimum absolute atomic E-state index is 0.151. The molecular formula is C24H14Cl2O5. The molecule has 4 rings (SSSR count). The van der Waals surface area contributed by atoms with E-state index < -0.39 is 5.97 Å². The number of furan rings is 2. The van der Waals surface area contributed by atoms with Crippen LogP contribution in [0.3, 0.4) is 0 Å². The molecule has 0 aliphatic carbocycles. The molecule has 0 aliphatic heterocycles. The molecule has 2 aromatic carbocycles. The first-order valence-corrected chi connectivity index (χ1v) is 9.87. The van der Waals surface area contributed by atoms with Crippen molar-refractivity contribution in [3.05, 3.63) is 99.9 Å². The lowest BCUT2D eigenvalue weighted by molar-refractivity contribution is 0.0696. The second-order valence-electron chi connectivity index (χ2n) is 6.57. The van der Waals surface area contributed by atoms with Crippen LogP contribution in [-0.2, 0) is 0 Å². The van der Waals surface area contributed by atoms with E-state index in [-0.39, 0.29) is 17.1 Å². The molecule has 0 atom stereocenters. The standard InChI is InChI=1S/C24H14Cl2O5/c25-16-5-8-19(26)18(13-16)22-11-12-23(31-22)20(27)9-6-17-7-10-21(30-17)14-1-3-15(4-2-14)24(28)29/h1-13H,(H,28,29)/b9-6+. The van der Waals surface area contributed by atoms with Gasteiger partial charge in [0.1, 0.15) is 17.3 Å². The van der Waals surface area contributed by atoms with Crippen molar-refractivity contribution >= 4 is 41.0 Å². The lowest BCUT2D eigenvalue weighted by Gasteiger charge is -2.01. The number of benzene rings is 2. The van der Waals surface area contributed by atoms with Crippen molar-refractivity contribution < 1.29 is 23.5 Å². The Morgan fingerprint density at radius 2 is 1.58 bits per heavy atom. The molecule has 0 saturated heterocycles. The molecule has 0 radical (unpaired) electrons. The number of allylic oxidation sites excluding steroid dienone is 1. The Morgan fingerprint density at radius 3 is 2.32 bits per heavy atom. The van der Waals surface area contributed by atoms with E-state index in [0.29, 0.717) is 32.9 Å². The minimum atomic E-state index is -0.994. The van der Waals surface area contributed by atoms with Gasteiger partial charge in [0.05, 0.1) is 10.6 Å². The first kappa shape index (κ1) is 20.7. The van der Waals surface area contributed by atoms with Gasteiger partial charge in [0, 0.05) is 16.1 Å². The third-order valence-electron chi connectivity index (χ3n) is 4.48. The number of hydrogen-bond acceptors (Lipinski definition) is 4. The van der Waals surface area contributed by atoms with E-state index in [9.17, 15) is 9.59 Å². The summed E-state index contributed by atoms with van der Waals surface area (Å²) < 4.78 is 11.3. The molecule has 154 valence electrons. The van der Waals surface area contributed by atoms with E-state index in [2.05, 4.69) is 0 Å². The summed E-state index contributed by atoms with van der Waals surface area (Å²) in [6.07, 6.45) is 2.88. The lowest BCUT2D eigenvalue weighted by atomic mass is 10.1. The number of aromatic carboxylic acids is 1. The summed E-state index contributed by atoms with van der Waals surface area (Å²) in [4.78, 5) is 23.4. The van der Waals surface area contributed by atoms with Crippen LogP contribution in [0.2, 0.25) is 10.0 Å². The fraction of sp³-hybridized carbons (Fsp3) is 0. The Bertz CT molecular complexity index is 1300. The average molecular weight is 453 g/mol. The van der Waals surface area contributed by atoms with Crippen LogP contribution >= 0.6 is 23.2 Å². The Balaban J connectivity index is 1.48. The second kappa shape index (κ2) is 8.68. The van der Waals surface area contributed by atoms with Crippen LogP contribution in [0.15, 0.2) is 81.6 Å². The second-order valence-corrected chi connectivity index (χ2v) is 7.41. The van der Waals surface area contributed by atoms with Crippen LogP contribution in [0.1, 0.15) is 26.7 Å². The SMILES string of the molecule is O=C(O)c1ccc(-c2ccc(/C=C/C(=O)c3ccc(-c4cc(Cl)ccc4Cl)o3)o2)cc1. The van der Waals surface area contributed by atoms with Crippen LogP contribution in [0.5, 0.6) is 0 Å². The minimum Gasteiger partial charge on any atom is -0.478 e. The molecule has 4 aromatic rings. The van der Waals surface area contributed by atoms with E-state index in [4.69, 9.17) is 37.1 Å². The maximum Gasteiger partial charge on any atom is 0.335 e. The van der Waals surface area contributed by atoms with Gasteiger partial charge in [-0.1, -0.05) is 35.3 Å². The molecule has 0 bridgehead atoms. The molecule has 0 aliphatic rings. The number of halogens is 2. The van der Waals surface area contributed by atoms with Gasteiger partial charge in [0.25, 0.3) is 0 Å². The molecule has 0 spiro atoms. The number of carboxylic acid groups (broad SMARTS) is 1. The fourth-order valence-corrected chi connectivity index (χ4v) is 3.30. The number of carbonyl (C=O) groups is 2. The molecule has 5 nitrogen and oxygen atoms in total. The summed E-state index contributed by atoms with van der Waals surface area (Å²) in [6.45, 7) is 0. The Kier molecular flexibility index (Phi) is 5.80. The van der Waals surface area contributed by atoms with Gasteiger partial charge in [-0.15, -0.1) is 0 Å².